The standard InChI is InChI=1S/C67H116N5O47P/c1-19-36(81)45(90)49(94)63(105-19)102-17-30-55(56(35(59(98)107-30)71-24(6)80)117-65-51(96)46(91)37(82)20(2)106-65)116-61-33(69-22(4)78)43(88)53(28(15-76)111-61)115-66-52(97)57(41(86)29(112-66)16-101-64-50(95)47(92)39(84)26(13-74)109-64)118-67-58(48(93)40(85)27(14-75)110-67)119-62-34(70-23(5)79)44(89)54(31(113-62)18-104-120(99,100)103-11-10-72(7,8)9)114-60-32(68-21(3)77)42(87)38(83)25(12-73)108-60/h19-20,25-67,73-76,81-98H,10-18H2,1-9H3,(H4-,68,69,70,71,77,78,79,80,99,100)/p+1/t19-,20-,25+,26+,27+,28+,29+,30+,31+,32+,33+,34+,35+,36+,37+,38-,39+,40+,41+,42+,43+,44+,45+,46+,47-,48-,49-,50-,51-,52-,53+,54+,55+,56+,57-,58-,59+,60-,61-,62-,63+,64-,65-,66-,67+/m0/s1. The summed E-state index contributed by atoms with van der Waals surface area (Å²) >= 11 is 0. The van der Waals surface area contributed by atoms with Gasteiger partial charge >= 0.3 is 7.82 Å². The molecule has 0 aromatic carbocycles. The van der Waals surface area contributed by atoms with Gasteiger partial charge in [-0.3, -0.25) is 28.2 Å². The average molecular weight is 1780 g/mol. The third-order valence-corrected chi connectivity index (χ3v) is 22.5. The largest absolute Gasteiger partial charge is 0.472 e. The SMILES string of the molecule is CC(=O)N[C@@H]1[C@@H](O[C@@H]2O[C@@H](C)[C@@H](O)[C@@H](O)[C@@H]2O)[C@H](O[C@@H]2O[C@H](CO)[C@@H](O[C@@H]3O[C@H](CO[C@H]4O[C@H](CO)[C@@H](O)[C@H](O)[C@@H]4O)[C@@H](O)[C@H](O[C@H]4O[C@H](CO)[C@@H](O)[C@H](O)[C@@H]4O[C@@H]4O[C@H](COP(=O)(O)OCC[N+](C)(C)C)[C@@H](O[C@@H]5O[C@H](CO)[C@H](O)[C@H](O)[C@H]5NC(C)=O)[C@H](O)[C@H]4NC(C)=O)[C@@H]3O)[C@H](O)[C@H]2NC(C)=O)[C@@H](CO[C@@H]2O[C@@H](C)[C@@H](O)[C@@H](O)[C@@H]2O)O[C@H]1O. The van der Waals surface area contributed by atoms with Gasteiger partial charge in [-0.15, -0.1) is 0 Å². The first-order chi connectivity index (χ1) is 56.2. The molecular formula is C67H117N5O47P+. The monoisotopic (exact) mass is 1770 g/mol. The number of nitrogens with one attached hydrogen (secondary N) is 4. The van der Waals surface area contributed by atoms with Crippen LogP contribution < -0.4 is 21.3 Å². The highest BCUT2D eigenvalue weighted by Crippen LogP contribution is 2.45. The maximum atomic E-state index is 13.6. The van der Waals surface area contributed by atoms with E-state index < -0.39 is 360 Å². The van der Waals surface area contributed by atoms with Crippen molar-refractivity contribution in [3.05, 3.63) is 0 Å². The van der Waals surface area contributed by atoms with Crippen LogP contribution in [0.5, 0.6) is 0 Å². The van der Waals surface area contributed by atoms with Gasteiger partial charge in [0, 0.05) is 27.7 Å². The maximum Gasteiger partial charge on any atom is 0.472 e. The minimum atomic E-state index is -5.20. The van der Waals surface area contributed by atoms with Crippen molar-refractivity contribution >= 4 is 31.5 Å². The lowest BCUT2D eigenvalue weighted by Gasteiger charge is -2.52. The minimum Gasteiger partial charge on any atom is -0.394 e. The van der Waals surface area contributed by atoms with E-state index in [0.29, 0.717) is 0 Å². The molecule has 120 heavy (non-hydrogen) atoms. The number of hydrogen-bond donors (Lipinski definition) is 27. The summed E-state index contributed by atoms with van der Waals surface area (Å²) < 4.78 is 127. The second-order valence-corrected chi connectivity index (χ2v) is 33.1. The lowest BCUT2D eigenvalue weighted by atomic mass is 9.93. The second-order valence-electron chi connectivity index (χ2n) is 31.6. The number of phosphoric ester groups is 1. The van der Waals surface area contributed by atoms with Gasteiger partial charge in [0.15, 0.2) is 56.6 Å². The van der Waals surface area contributed by atoms with Crippen molar-refractivity contribution in [2.75, 3.05) is 80.5 Å². The number of carbonyl (C=O) groups excluding carboxylic acids is 4. The summed E-state index contributed by atoms with van der Waals surface area (Å²) in [5, 5.41) is 257. The molecule has 9 rings (SSSR count). The molecule has 53 heteroatoms. The molecule has 9 fully saturated rings. The van der Waals surface area contributed by atoms with Gasteiger partial charge in [-0.25, -0.2) is 4.57 Å². The minimum absolute atomic E-state index is 0.122. The number of ether oxygens (including phenoxy) is 17. The van der Waals surface area contributed by atoms with Crippen LogP contribution in [0.3, 0.4) is 0 Å². The molecule has 1 unspecified atom stereocenters. The Morgan fingerprint density at radius 2 is 0.667 bits per heavy atom. The Kier molecular flexibility index (Phi) is 35.9. The van der Waals surface area contributed by atoms with Crippen molar-refractivity contribution < 1.29 is 235 Å². The smallest absolute Gasteiger partial charge is 0.394 e. The van der Waals surface area contributed by atoms with E-state index in [0.717, 1.165) is 27.7 Å². The van der Waals surface area contributed by atoms with Gasteiger partial charge in [0.1, 0.15) is 220 Å². The Labute approximate surface area is 684 Å². The number of hydrogen-bond acceptors (Lipinski definition) is 46. The third-order valence-electron chi connectivity index (χ3n) is 21.5. The van der Waals surface area contributed by atoms with E-state index in [4.69, 9.17) is 89.6 Å². The van der Waals surface area contributed by atoms with Crippen molar-refractivity contribution in [1.29, 1.82) is 0 Å². The Bertz CT molecular complexity index is 3300. The topological polar surface area (TPSA) is 774 Å². The summed E-state index contributed by atoms with van der Waals surface area (Å²) in [6, 6.07) is -7.72. The highest BCUT2D eigenvalue weighted by molar-refractivity contribution is 7.47. The first kappa shape index (κ1) is 100. The lowest BCUT2D eigenvalue weighted by Crippen LogP contribution is -2.71. The van der Waals surface area contributed by atoms with E-state index in [1.54, 1.807) is 21.1 Å². The lowest BCUT2D eigenvalue weighted by molar-refractivity contribution is -0.870. The van der Waals surface area contributed by atoms with Gasteiger partial charge in [-0.05, 0) is 13.8 Å². The van der Waals surface area contributed by atoms with Gasteiger partial charge in [0.2, 0.25) is 23.6 Å². The Hall–Kier alpha value is -3.61. The zero-order valence-corrected chi connectivity index (χ0v) is 67.2. The van der Waals surface area contributed by atoms with Crippen LogP contribution in [0.15, 0.2) is 0 Å². The average Bonchev–Trinajstić information content (AvgIpc) is 0.761. The first-order valence-corrected chi connectivity index (χ1v) is 40.0. The number of quaternary nitrogens is 1. The summed E-state index contributed by atoms with van der Waals surface area (Å²) in [6.07, 6.45) is -84.3. The van der Waals surface area contributed by atoms with Crippen molar-refractivity contribution in [1.82, 2.24) is 21.3 Å². The number of nitrogens with zero attached hydrogens (tertiary/aromatic N) is 1. The summed E-state index contributed by atoms with van der Waals surface area (Å²) in [7, 11) is -0.0318. The van der Waals surface area contributed by atoms with E-state index in [2.05, 4.69) is 21.3 Å². The van der Waals surface area contributed by atoms with Crippen molar-refractivity contribution in [2.45, 2.75) is 318 Å². The molecule has 0 radical (unpaired) electrons. The molecule has 0 aromatic heterocycles. The van der Waals surface area contributed by atoms with Gasteiger partial charge in [-0.1, -0.05) is 0 Å². The Morgan fingerprint density at radius 3 is 1.18 bits per heavy atom. The van der Waals surface area contributed by atoms with Crippen LogP contribution in [0.25, 0.3) is 0 Å². The molecule has 9 heterocycles. The molecule has 46 atom stereocenters. The normalized spacial score (nSPS) is 47.1. The van der Waals surface area contributed by atoms with Crippen LogP contribution in [0.2, 0.25) is 0 Å². The molecule has 27 N–H and O–H groups in total. The number of rotatable bonds is 33. The molecule has 0 aromatic rings. The number of amides is 4. The molecule has 52 nitrogen and oxygen atoms in total. The fourth-order valence-electron chi connectivity index (χ4n) is 14.9. The van der Waals surface area contributed by atoms with E-state index in [1.807, 2.05) is 0 Å². The Morgan fingerprint density at radius 1 is 0.317 bits per heavy atom. The molecular weight excluding hydrogens is 1660 g/mol. The van der Waals surface area contributed by atoms with E-state index in [1.165, 1.54) is 13.8 Å². The highest BCUT2D eigenvalue weighted by Gasteiger charge is 2.61. The summed E-state index contributed by atoms with van der Waals surface area (Å²) in [5.74, 6) is -3.75. The fraction of sp³-hybridized carbons (Fsp3) is 0.940. The second kappa shape index (κ2) is 43.0. The maximum absolute atomic E-state index is 13.6. The van der Waals surface area contributed by atoms with Crippen LogP contribution >= 0.6 is 7.82 Å². The van der Waals surface area contributed by atoms with Crippen molar-refractivity contribution in [3.63, 3.8) is 0 Å². The summed E-state index contributed by atoms with van der Waals surface area (Å²) in [4.78, 5) is 63.2. The fourth-order valence-corrected chi connectivity index (χ4v) is 15.6. The highest BCUT2D eigenvalue weighted by atomic mass is 31.2. The van der Waals surface area contributed by atoms with Gasteiger partial charge in [0.25, 0.3) is 0 Å². The van der Waals surface area contributed by atoms with Crippen LogP contribution in [-0.4, -0.2) is 502 Å². The van der Waals surface area contributed by atoms with Crippen LogP contribution in [0.4, 0.5) is 0 Å². The van der Waals surface area contributed by atoms with Crippen molar-refractivity contribution in [2.24, 2.45) is 0 Å². The van der Waals surface area contributed by atoms with Gasteiger partial charge in [-0.2, -0.15) is 0 Å². The zero-order chi connectivity index (χ0) is 88.9. The molecule has 9 saturated heterocycles. The van der Waals surface area contributed by atoms with Crippen LogP contribution in [0, 0.1) is 0 Å². The van der Waals surface area contributed by atoms with E-state index in [-0.39, 0.29) is 11.0 Å². The van der Waals surface area contributed by atoms with Crippen molar-refractivity contribution in [3.8, 4) is 0 Å². The molecule has 0 aliphatic carbocycles. The first-order valence-electron chi connectivity index (χ1n) is 38.5. The number of carbonyl (C=O) groups is 4. The zero-order valence-electron chi connectivity index (χ0n) is 66.3. The predicted octanol–water partition coefficient (Wildman–Crippen LogP) is -17.1. The van der Waals surface area contributed by atoms with E-state index in [9.17, 15) is 141 Å². The predicted molar refractivity (Wildman–Crippen MR) is 378 cm³/mol. The number of aliphatic hydroxyl groups excluding tert-OH is 22. The molecule has 0 bridgehead atoms. The van der Waals surface area contributed by atoms with Crippen LogP contribution in [-0.2, 0) is 113 Å². The van der Waals surface area contributed by atoms with Crippen LogP contribution in [0.1, 0.15) is 41.5 Å². The summed E-state index contributed by atoms with van der Waals surface area (Å²) in [6.45, 7) is -1.58. The Balaban J connectivity index is 1.07. The molecule has 696 valence electrons. The number of likely N-dealkylation sites (N-methyl/N-ethyl adjacent to an activating group) is 1. The molecule has 9 aliphatic rings. The quantitative estimate of drug-likeness (QED) is 0.0214. The van der Waals surface area contributed by atoms with Gasteiger partial charge in [0.05, 0.1) is 79.6 Å². The number of phosphoric acid groups is 1. The molecule has 4 amide bonds. The van der Waals surface area contributed by atoms with Gasteiger partial charge < -0.3 is 224 Å². The number of aliphatic hydroxyl groups is 22. The molecule has 0 saturated carbocycles. The van der Waals surface area contributed by atoms with E-state index >= 15 is 0 Å². The molecule has 9 aliphatic heterocycles. The summed E-state index contributed by atoms with van der Waals surface area (Å²) in [5.41, 5.74) is 0. The molecule has 0 spiro atoms. The third kappa shape index (κ3) is 23.8.